The first kappa shape index (κ1) is 12.7. The maximum Gasteiger partial charge on any atom is 0.0354 e. The normalized spacial score (nSPS) is 16.7. The fourth-order valence-corrected chi connectivity index (χ4v) is 3.00. The van der Waals surface area contributed by atoms with Gasteiger partial charge in [0.25, 0.3) is 0 Å². The first-order valence-electron chi connectivity index (χ1n) is 7.53. The van der Waals surface area contributed by atoms with Gasteiger partial charge in [-0.2, -0.15) is 0 Å². The third-order valence-corrected chi connectivity index (χ3v) is 4.22. The molecular weight excluding hydrogens is 230 g/mol. The zero-order chi connectivity index (χ0) is 13.2. The molecule has 0 aromatic heterocycles. The van der Waals surface area contributed by atoms with Gasteiger partial charge >= 0.3 is 0 Å². The molecule has 0 bridgehead atoms. The first-order valence-corrected chi connectivity index (χ1v) is 7.53. The fourth-order valence-electron chi connectivity index (χ4n) is 3.00. The Balaban J connectivity index is 2.05. The van der Waals surface area contributed by atoms with Crippen molar-refractivity contribution in [3.8, 4) is 0 Å². The van der Waals surface area contributed by atoms with E-state index in [1.807, 2.05) is 0 Å². The van der Waals surface area contributed by atoms with Crippen molar-refractivity contribution in [2.75, 3.05) is 6.54 Å². The van der Waals surface area contributed by atoms with Crippen molar-refractivity contribution in [1.82, 2.24) is 5.32 Å². The van der Waals surface area contributed by atoms with Gasteiger partial charge in [-0.25, -0.2) is 0 Å². The fraction of sp³-hybridized carbons (Fsp3) is 0.444. The predicted molar refractivity (Wildman–Crippen MR) is 82.4 cm³/mol. The topological polar surface area (TPSA) is 12.0 Å². The Morgan fingerprint density at radius 2 is 1.84 bits per heavy atom. The molecule has 0 saturated heterocycles. The molecule has 2 aromatic carbocycles. The molecule has 0 radical (unpaired) electrons. The van der Waals surface area contributed by atoms with Crippen LogP contribution >= 0.6 is 0 Å². The molecule has 3 rings (SSSR count). The van der Waals surface area contributed by atoms with Crippen LogP contribution in [0.2, 0.25) is 0 Å². The van der Waals surface area contributed by atoms with Gasteiger partial charge in [-0.05, 0) is 60.5 Å². The van der Waals surface area contributed by atoms with Crippen LogP contribution in [0.15, 0.2) is 36.4 Å². The molecule has 0 spiro atoms. The third kappa shape index (κ3) is 2.52. The van der Waals surface area contributed by atoms with Gasteiger partial charge in [0.1, 0.15) is 0 Å². The molecule has 1 saturated carbocycles. The molecule has 100 valence electrons. The summed E-state index contributed by atoms with van der Waals surface area (Å²) in [5.74, 6) is 0.845. The van der Waals surface area contributed by atoms with E-state index in [9.17, 15) is 0 Å². The quantitative estimate of drug-likeness (QED) is 0.821. The lowest BCUT2D eigenvalue weighted by molar-refractivity contribution is 0.484. The Kier molecular flexibility index (Phi) is 3.56. The summed E-state index contributed by atoms with van der Waals surface area (Å²) < 4.78 is 0. The van der Waals surface area contributed by atoms with Gasteiger partial charge < -0.3 is 5.32 Å². The zero-order valence-corrected chi connectivity index (χ0v) is 11.9. The van der Waals surface area contributed by atoms with Crippen LogP contribution < -0.4 is 5.32 Å². The summed E-state index contributed by atoms with van der Waals surface area (Å²) in [6.45, 7) is 5.56. The summed E-state index contributed by atoms with van der Waals surface area (Å²) in [7, 11) is 0. The van der Waals surface area contributed by atoms with Gasteiger partial charge in [-0.1, -0.05) is 43.3 Å². The van der Waals surface area contributed by atoms with Gasteiger partial charge in [0.2, 0.25) is 0 Å². The van der Waals surface area contributed by atoms with E-state index >= 15 is 0 Å². The lowest BCUT2D eigenvalue weighted by Gasteiger charge is -2.21. The van der Waals surface area contributed by atoms with E-state index < -0.39 is 0 Å². The lowest BCUT2D eigenvalue weighted by atomic mass is 9.93. The van der Waals surface area contributed by atoms with E-state index in [-0.39, 0.29) is 0 Å². The summed E-state index contributed by atoms with van der Waals surface area (Å²) in [5, 5.41) is 6.60. The van der Waals surface area contributed by atoms with Crippen molar-refractivity contribution >= 4 is 10.8 Å². The highest BCUT2D eigenvalue weighted by molar-refractivity contribution is 5.89. The Labute approximate surface area is 116 Å². The van der Waals surface area contributed by atoms with Crippen molar-refractivity contribution in [3.63, 3.8) is 0 Å². The summed E-state index contributed by atoms with van der Waals surface area (Å²) in [6, 6.07) is 14.0. The Bertz CT molecular complexity index is 569. The number of fused-ring (bicyclic) bond motifs is 1. The second kappa shape index (κ2) is 5.34. The van der Waals surface area contributed by atoms with Gasteiger partial charge in [0, 0.05) is 6.04 Å². The van der Waals surface area contributed by atoms with Crippen molar-refractivity contribution in [1.29, 1.82) is 0 Å². The van der Waals surface area contributed by atoms with Gasteiger partial charge in [0.05, 0.1) is 0 Å². The summed E-state index contributed by atoms with van der Waals surface area (Å²) in [4.78, 5) is 0. The van der Waals surface area contributed by atoms with E-state index in [0.29, 0.717) is 6.04 Å². The van der Waals surface area contributed by atoms with Crippen LogP contribution in [0.1, 0.15) is 43.4 Å². The predicted octanol–water partition coefficient (Wildman–Crippen LogP) is 4.60. The first-order chi connectivity index (χ1) is 9.31. The van der Waals surface area contributed by atoms with Crippen LogP contribution in [-0.4, -0.2) is 6.54 Å². The molecule has 1 nitrogen and oxygen atoms in total. The second-order valence-electron chi connectivity index (χ2n) is 5.79. The molecule has 1 heteroatoms. The van der Waals surface area contributed by atoms with Crippen LogP contribution in [0.25, 0.3) is 10.8 Å². The number of hydrogen-bond acceptors (Lipinski definition) is 1. The smallest absolute Gasteiger partial charge is 0.0354 e. The lowest BCUT2D eigenvalue weighted by Crippen LogP contribution is -2.24. The molecule has 0 aliphatic heterocycles. The maximum absolute atomic E-state index is 3.76. The Morgan fingerprint density at radius 1 is 1.11 bits per heavy atom. The average Bonchev–Trinajstić information content (AvgIpc) is 3.26. The molecule has 1 atom stereocenters. The summed E-state index contributed by atoms with van der Waals surface area (Å²) in [6.07, 6.45) is 3.96. The zero-order valence-electron chi connectivity index (χ0n) is 11.9. The minimum absolute atomic E-state index is 0.547. The molecule has 2 aromatic rings. The molecule has 1 aliphatic carbocycles. The molecule has 0 amide bonds. The average molecular weight is 253 g/mol. The van der Waals surface area contributed by atoms with Crippen molar-refractivity contribution in [3.05, 3.63) is 47.5 Å². The van der Waals surface area contributed by atoms with Gasteiger partial charge in [-0.15, -0.1) is 0 Å². The van der Waals surface area contributed by atoms with Crippen molar-refractivity contribution < 1.29 is 0 Å². The number of nitrogens with one attached hydrogen (secondary N) is 1. The number of hydrogen-bond donors (Lipinski definition) is 1. The van der Waals surface area contributed by atoms with E-state index in [1.165, 1.54) is 41.2 Å². The minimum atomic E-state index is 0.547. The van der Waals surface area contributed by atoms with E-state index in [0.717, 1.165) is 12.5 Å². The van der Waals surface area contributed by atoms with Crippen LogP contribution in [0.3, 0.4) is 0 Å². The highest BCUT2D eigenvalue weighted by atomic mass is 14.9. The highest BCUT2D eigenvalue weighted by Crippen LogP contribution is 2.43. The van der Waals surface area contributed by atoms with E-state index in [4.69, 9.17) is 0 Å². The third-order valence-electron chi connectivity index (χ3n) is 4.22. The van der Waals surface area contributed by atoms with Crippen LogP contribution in [-0.2, 0) is 0 Å². The van der Waals surface area contributed by atoms with Crippen LogP contribution in [0, 0.1) is 12.8 Å². The van der Waals surface area contributed by atoms with Crippen molar-refractivity contribution in [2.45, 2.75) is 39.2 Å². The monoisotopic (exact) mass is 253 g/mol. The van der Waals surface area contributed by atoms with Crippen LogP contribution in [0.4, 0.5) is 0 Å². The van der Waals surface area contributed by atoms with Gasteiger partial charge in [-0.3, -0.25) is 0 Å². The molecule has 19 heavy (non-hydrogen) atoms. The van der Waals surface area contributed by atoms with Gasteiger partial charge in [0.15, 0.2) is 0 Å². The number of rotatable bonds is 5. The SMILES string of the molecule is CCCNC(c1ccc(C)c2ccccc12)C1CC1. The molecule has 1 aliphatic rings. The number of benzene rings is 2. The standard InChI is InChI=1S/C18H23N/c1-3-12-19-18(14-9-10-14)17-11-8-13(2)15-6-4-5-7-16(15)17/h4-8,11,14,18-19H,3,9-10,12H2,1-2H3. The molecule has 1 unspecified atom stereocenters. The summed E-state index contributed by atoms with van der Waals surface area (Å²) in [5.41, 5.74) is 2.88. The van der Waals surface area contributed by atoms with Crippen LogP contribution in [0.5, 0.6) is 0 Å². The molecule has 1 fully saturated rings. The molecular formula is C18H23N. The Morgan fingerprint density at radius 3 is 2.53 bits per heavy atom. The molecule has 1 N–H and O–H groups in total. The number of aryl methyl sites for hydroxylation is 1. The van der Waals surface area contributed by atoms with E-state index in [1.54, 1.807) is 0 Å². The maximum atomic E-state index is 3.76. The largest absolute Gasteiger partial charge is 0.310 e. The minimum Gasteiger partial charge on any atom is -0.310 e. The molecule has 0 heterocycles. The highest BCUT2D eigenvalue weighted by Gasteiger charge is 2.32. The second-order valence-corrected chi connectivity index (χ2v) is 5.79. The Hall–Kier alpha value is -1.34. The summed E-state index contributed by atoms with van der Waals surface area (Å²) >= 11 is 0. The van der Waals surface area contributed by atoms with Crippen molar-refractivity contribution in [2.24, 2.45) is 5.92 Å². The van der Waals surface area contributed by atoms with E-state index in [2.05, 4.69) is 55.6 Å².